The van der Waals surface area contributed by atoms with Gasteiger partial charge in [-0.3, -0.25) is 14.4 Å². The molecule has 2 N–H and O–H groups in total. The molecule has 0 saturated carbocycles. The highest BCUT2D eigenvalue weighted by molar-refractivity contribution is 6.30. The highest BCUT2D eigenvalue weighted by Gasteiger charge is 2.50. The lowest BCUT2D eigenvalue weighted by atomic mass is 10.1. The number of benzene rings is 2. The summed E-state index contributed by atoms with van der Waals surface area (Å²) in [5, 5.41) is 36.0. The van der Waals surface area contributed by atoms with Crippen LogP contribution >= 0.6 is 0 Å². The van der Waals surface area contributed by atoms with Crippen LogP contribution in [0, 0.1) is 22.7 Å². The summed E-state index contributed by atoms with van der Waals surface area (Å²) in [5.74, 6) is -5.01. The minimum Gasteiger partial charge on any atom is -0.353 e. The van der Waals surface area contributed by atoms with Crippen LogP contribution in [0.5, 0.6) is 0 Å². The predicted octanol–water partition coefficient (Wildman–Crippen LogP) is 1.18. The molecule has 0 amide bonds. The van der Waals surface area contributed by atoms with Crippen LogP contribution in [0.15, 0.2) is 48.5 Å². The van der Waals surface area contributed by atoms with E-state index in [1.165, 1.54) is 12.1 Å². The van der Waals surface area contributed by atoms with Gasteiger partial charge in [0.25, 0.3) is 5.79 Å². The number of nitriles is 2. The molecule has 0 radical (unpaired) electrons. The first-order valence-corrected chi connectivity index (χ1v) is 8.81. The standard InChI is InChI=1S/C13H4N4O.C9H6O4/c14-5-9-10(6-15)17-12-11(16-9)7-3-1-2-4-8(7)13(12)18;10-7-5-3-1-2-4-6(5)8(11)9(7,12)13/h1-4H;1-4,12-13H. The second-order valence-corrected chi connectivity index (χ2v) is 6.59. The van der Waals surface area contributed by atoms with Crippen molar-refractivity contribution >= 4 is 17.3 Å². The number of aliphatic hydroxyl groups is 2. The molecule has 31 heavy (non-hydrogen) atoms. The molecule has 1 aromatic heterocycles. The zero-order valence-corrected chi connectivity index (χ0v) is 15.5. The van der Waals surface area contributed by atoms with Gasteiger partial charge in [-0.1, -0.05) is 48.5 Å². The Morgan fingerprint density at radius 3 is 1.58 bits per heavy atom. The molecule has 0 spiro atoms. The average molecular weight is 410 g/mol. The predicted molar refractivity (Wildman–Crippen MR) is 103 cm³/mol. The van der Waals surface area contributed by atoms with Gasteiger partial charge in [-0.15, -0.1) is 0 Å². The minimum atomic E-state index is -2.86. The lowest BCUT2D eigenvalue weighted by molar-refractivity contribution is -0.0857. The van der Waals surface area contributed by atoms with Gasteiger partial charge in [0, 0.05) is 22.3 Å². The molecule has 0 atom stereocenters. The Balaban J connectivity index is 0.000000158. The summed E-state index contributed by atoms with van der Waals surface area (Å²) in [5.41, 5.74) is 1.66. The molecule has 2 aliphatic carbocycles. The van der Waals surface area contributed by atoms with Crippen LogP contribution in [0.2, 0.25) is 0 Å². The van der Waals surface area contributed by atoms with Crippen LogP contribution in [0.1, 0.15) is 48.2 Å². The van der Waals surface area contributed by atoms with E-state index in [2.05, 4.69) is 9.97 Å². The summed E-state index contributed by atoms with van der Waals surface area (Å²) >= 11 is 0. The largest absolute Gasteiger partial charge is 0.353 e. The third kappa shape index (κ3) is 2.90. The Bertz CT molecular complexity index is 1360. The summed E-state index contributed by atoms with van der Waals surface area (Å²) < 4.78 is 0. The van der Waals surface area contributed by atoms with Gasteiger partial charge >= 0.3 is 0 Å². The van der Waals surface area contributed by atoms with E-state index in [-0.39, 0.29) is 34.0 Å². The van der Waals surface area contributed by atoms with Crippen molar-refractivity contribution in [3.05, 3.63) is 82.3 Å². The fourth-order valence-corrected chi connectivity index (χ4v) is 3.31. The summed E-state index contributed by atoms with van der Waals surface area (Å²) in [6.45, 7) is 0. The Kier molecular flexibility index (Phi) is 4.48. The molecule has 1 heterocycles. The fourth-order valence-electron chi connectivity index (χ4n) is 3.31. The van der Waals surface area contributed by atoms with Crippen molar-refractivity contribution in [3.63, 3.8) is 0 Å². The smallest absolute Gasteiger partial charge is 0.295 e. The number of fused-ring (bicyclic) bond motifs is 4. The molecular formula is C22H10N4O5. The van der Waals surface area contributed by atoms with Crippen LogP contribution in [-0.4, -0.2) is 43.3 Å². The normalized spacial score (nSPS) is 14.5. The molecule has 0 aliphatic heterocycles. The van der Waals surface area contributed by atoms with Crippen molar-refractivity contribution in [2.24, 2.45) is 0 Å². The number of carbonyl (C=O) groups is 3. The lowest BCUT2D eigenvalue weighted by Crippen LogP contribution is -2.40. The van der Waals surface area contributed by atoms with Gasteiger partial charge in [-0.2, -0.15) is 10.5 Å². The van der Waals surface area contributed by atoms with Crippen LogP contribution in [-0.2, 0) is 0 Å². The van der Waals surface area contributed by atoms with Crippen LogP contribution in [0.3, 0.4) is 0 Å². The van der Waals surface area contributed by atoms with Crippen molar-refractivity contribution in [1.29, 1.82) is 10.5 Å². The van der Waals surface area contributed by atoms with Gasteiger partial charge in [0.15, 0.2) is 11.4 Å². The highest BCUT2D eigenvalue weighted by atomic mass is 16.5. The quantitative estimate of drug-likeness (QED) is 0.320. The first-order valence-electron chi connectivity index (χ1n) is 8.81. The molecule has 2 aromatic carbocycles. The van der Waals surface area contributed by atoms with E-state index in [1.807, 2.05) is 6.07 Å². The Morgan fingerprint density at radius 2 is 1.10 bits per heavy atom. The first kappa shape index (κ1) is 19.7. The van der Waals surface area contributed by atoms with Crippen molar-refractivity contribution in [2.75, 3.05) is 0 Å². The monoisotopic (exact) mass is 410 g/mol. The first-order chi connectivity index (χ1) is 14.8. The maximum absolute atomic E-state index is 12.1. The Labute approximate surface area is 174 Å². The number of ketones is 3. The number of hydrogen-bond donors (Lipinski definition) is 2. The van der Waals surface area contributed by atoms with Gasteiger partial charge < -0.3 is 10.2 Å². The molecule has 0 saturated heterocycles. The van der Waals surface area contributed by atoms with Crippen molar-refractivity contribution in [2.45, 2.75) is 5.79 Å². The third-order valence-corrected chi connectivity index (χ3v) is 4.80. The molecule has 0 fully saturated rings. The van der Waals surface area contributed by atoms with Gasteiger partial charge in [0.2, 0.25) is 17.3 Å². The number of hydrogen-bond acceptors (Lipinski definition) is 9. The lowest BCUT2D eigenvalue weighted by Gasteiger charge is -2.08. The minimum absolute atomic E-state index is 0.0549. The summed E-state index contributed by atoms with van der Waals surface area (Å²) in [6, 6.07) is 16.5. The molecular weight excluding hydrogens is 400 g/mol. The Morgan fingerprint density at radius 1 is 0.677 bits per heavy atom. The van der Waals surface area contributed by atoms with Crippen LogP contribution in [0.4, 0.5) is 0 Å². The van der Waals surface area contributed by atoms with E-state index in [1.54, 1.807) is 42.5 Å². The maximum atomic E-state index is 12.1. The Hall–Kier alpha value is -4.57. The van der Waals surface area contributed by atoms with Crippen molar-refractivity contribution in [1.82, 2.24) is 9.97 Å². The van der Waals surface area contributed by atoms with Crippen molar-refractivity contribution in [3.8, 4) is 23.4 Å². The molecule has 148 valence electrons. The van der Waals surface area contributed by atoms with E-state index in [0.29, 0.717) is 16.8 Å². The highest BCUT2D eigenvalue weighted by Crippen LogP contribution is 2.34. The third-order valence-electron chi connectivity index (χ3n) is 4.80. The SMILES string of the molecule is N#Cc1nc2c(nc1C#N)-c1ccccc1C2=O.O=C1c2ccccc2C(=O)C1(O)O. The summed E-state index contributed by atoms with van der Waals surface area (Å²) in [6.07, 6.45) is 0. The van der Waals surface area contributed by atoms with Crippen molar-refractivity contribution < 1.29 is 24.6 Å². The van der Waals surface area contributed by atoms with Crippen LogP contribution < -0.4 is 0 Å². The second-order valence-electron chi connectivity index (χ2n) is 6.59. The molecule has 0 bridgehead atoms. The zero-order valence-electron chi connectivity index (χ0n) is 15.5. The second kappa shape index (κ2) is 7.04. The topological polar surface area (TPSA) is 165 Å². The number of Topliss-reactive ketones (excluding diaryl/α,β-unsaturated/α-hetero) is 2. The molecule has 0 unspecified atom stereocenters. The zero-order chi connectivity index (χ0) is 22.3. The summed E-state index contributed by atoms with van der Waals surface area (Å²) in [4.78, 5) is 42.5. The molecule has 3 aromatic rings. The van der Waals surface area contributed by atoms with Crippen LogP contribution in [0.25, 0.3) is 11.3 Å². The van der Waals surface area contributed by atoms with E-state index in [4.69, 9.17) is 20.7 Å². The van der Waals surface area contributed by atoms with E-state index in [0.717, 1.165) is 0 Å². The molecule has 2 aliphatic rings. The molecule has 9 heteroatoms. The molecule has 5 rings (SSSR count). The number of aromatic nitrogens is 2. The summed E-state index contributed by atoms with van der Waals surface area (Å²) in [7, 11) is 0. The van der Waals surface area contributed by atoms with Gasteiger partial charge in [0.1, 0.15) is 23.5 Å². The molecule has 9 nitrogen and oxygen atoms in total. The van der Waals surface area contributed by atoms with Gasteiger partial charge in [-0.25, -0.2) is 9.97 Å². The van der Waals surface area contributed by atoms with Gasteiger partial charge in [0.05, 0.1) is 0 Å². The maximum Gasteiger partial charge on any atom is 0.295 e. The van der Waals surface area contributed by atoms with Gasteiger partial charge in [-0.05, 0) is 0 Å². The average Bonchev–Trinajstić information content (AvgIpc) is 3.17. The number of nitrogens with zero attached hydrogens (tertiary/aromatic N) is 4. The van der Waals surface area contributed by atoms with E-state index >= 15 is 0 Å². The number of rotatable bonds is 0. The van der Waals surface area contributed by atoms with E-state index in [9.17, 15) is 14.4 Å². The van der Waals surface area contributed by atoms with E-state index < -0.39 is 17.4 Å². The number of carbonyl (C=O) groups excluding carboxylic acids is 3. The fraction of sp³-hybridized carbons (Fsp3) is 0.0455.